The molecule has 1 aromatic rings. The van der Waals surface area contributed by atoms with Crippen molar-refractivity contribution in [2.75, 3.05) is 18.1 Å². The Bertz CT molecular complexity index is 797. The lowest BCUT2D eigenvalue weighted by molar-refractivity contribution is -0.136. The summed E-state index contributed by atoms with van der Waals surface area (Å²) in [5.41, 5.74) is 0.0450. The van der Waals surface area contributed by atoms with Crippen LogP contribution in [0.3, 0.4) is 0 Å². The van der Waals surface area contributed by atoms with E-state index in [2.05, 4.69) is 15.4 Å². The van der Waals surface area contributed by atoms with E-state index >= 15 is 0 Å². The van der Waals surface area contributed by atoms with Gasteiger partial charge in [0.2, 0.25) is 15.9 Å². The van der Waals surface area contributed by atoms with Gasteiger partial charge < -0.3 is 15.7 Å². The second-order valence-electron chi connectivity index (χ2n) is 7.16. The molecular formula is C17H25N3O6S. The van der Waals surface area contributed by atoms with Crippen LogP contribution in [0.25, 0.3) is 0 Å². The summed E-state index contributed by atoms with van der Waals surface area (Å²) < 4.78 is 25.4. The zero-order valence-corrected chi connectivity index (χ0v) is 16.5. The van der Waals surface area contributed by atoms with Crippen LogP contribution >= 0.6 is 0 Å². The summed E-state index contributed by atoms with van der Waals surface area (Å²) in [6.07, 6.45) is 0.804. The zero-order valence-electron chi connectivity index (χ0n) is 15.7. The maximum Gasteiger partial charge on any atom is 0.305 e. The molecule has 0 heterocycles. The fraction of sp³-hybridized carbons (Fsp3) is 0.471. The molecule has 0 saturated carbocycles. The van der Waals surface area contributed by atoms with Crippen molar-refractivity contribution >= 4 is 33.5 Å². The number of carbonyl (C=O) groups excluding carboxylic acids is 2. The Labute approximate surface area is 158 Å². The molecule has 1 aromatic carbocycles. The van der Waals surface area contributed by atoms with Gasteiger partial charge in [0, 0.05) is 17.8 Å². The molecule has 0 aliphatic carbocycles. The highest BCUT2D eigenvalue weighted by Crippen LogP contribution is 2.21. The van der Waals surface area contributed by atoms with Crippen molar-refractivity contribution in [3.8, 4) is 0 Å². The molecule has 0 fully saturated rings. The van der Waals surface area contributed by atoms with Crippen LogP contribution in [0.4, 0.5) is 5.69 Å². The second kappa shape index (κ2) is 8.96. The number of carbonyl (C=O) groups is 3. The Balaban J connectivity index is 2.79. The first-order valence-corrected chi connectivity index (χ1v) is 10.1. The van der Waals surface area contributed by atoms with Gasteiger partial charge in [-0.25, -0.2) is 13.1 Å². The van der Waals surface area contributed by atoms with E-state index in [4.69, 9.17) is 5.11 Å². The van der Waals surface area contributed by atoms with Crippen LogP contribution in [-0.4, -0.2) is 50.2 Å². The summed E-state index contributed by atoms with van der Waals surface area (Å²) in [7, 11) is -3.58. The Kier molecular flexibility index (Phi) is 7.49. The smallest absolute Gasteiger partial charge is 0.305 e. The molecule has 1 rings (SSSR count). The second-order valence-corrected chi connectivity index (χ2v) is 8.94. The average Bonchev–Trinajstić information content (AvgIpc) is 2.51. The SMILES string of the molecule is CC(C)(C)C(NS(C)(=O)=O)C(=O)Nc1ccc(C(=O)NCCC(=O)O)cc1. The number of rotatable bonds is 8. The van der Waals surface area contributed by atoms with E-state index in [1.54, 1.807) is 20.8 Å². The van der Waals surface area contributed by atoms with Crippen LogP contribution in [-0.2, 0) is 19.6 Å². The lowest BCUT2D eigenvalue weighted by atomic mass is 9.87. The number of carboxylic acids is 1. The highest BCUT2D eigenvalue weighted by molar-refractivity contribution is 7.88. The van der Waals surface area contributed by atoms with Gasteiger partial charge in [-0.1, -0.05) is 20.8 Å². The molecule has 1 atom stereocenters. The molecule has 2 amide bonds. The van der Waals surface area contributed by atoms with Crippen LogP contribution in [0.5, 0.6) is 0 Å². The van der Waals surface area contributed by atoms with Gasteiger partial charge in [0.1, 0.15) is 6.04 Å². The summed E-state index contributed by atoms with van der Waals surface area (Å²) in [5.74, 6) is -1.96. The lowest BCUT2D eigenvalue weighted by Gasteiger charge is -2.29. The third-order valence-corrected chi connectivity index (χ3v) is 4.16. The molecule has 27 heavy (non-hydrogen) atoms. The van der Waals surface area contributed by atoms with E-state index in [1.165, 1.54) is 24.3 Å². The van der Waals surface area contributed by atoms with Gasteiger partial charge in [-0.15, -0.1) is 0 Å². The van der Waals surface area contributed by atoms with E-state index in [0.717, 1.165) is 6.26 Å². The molecule has 9 nitrogen and oxygen atoms in total. The van der Waals surface area contributed by atoms with E-state index in [0.29, 0.717) is 11.3 Å². The first kappa shape index (κ1) is 22.6. The number of hydrogen-bond donors (Lipinski definition) is 4. The van der Waals surface area contributed by atoms with Gasteiger partial charge in [0.15, 0.2) is 0 Å². The number of carboxylic acid groups (broad SMARTS) is 1. The van der Waals surface area contributed by atoms with Gasteiger partial charge in [0.25, 0.3) is 5.91 Å². The fourth-order valence-electron chi connectivity index (χ4n) is 2.14. The maximum absolute atomic E-state index is 12.5. The fourth-order valence-corrected chi connectivity index (χ4v) is 3.03. The van der Waals surface area contributed by atoms with Crippen LogP contribution in [0, 0.1) is 5.41 Å². The molecule has 0 aliphatic rings. The van der Waals surface area contributed by atoms with Crippen LogP contribution in [0.15, 0.2) is 24.3 Å². The van der Waals surface area contributed by atoms with Crippen molar-refractivity contribution in [1.29, 1.82) is 0 Å². The standard InChI is InChI=1S/C17H25N3O6S/c1-17(2,3)14(20-27(4,25)26)16(24)19-12-7-5-11(6-8-12)15(23)18-10-9-13(21)22/h5-8,14,20H,9-10H2,1-4H3,(H,18,23)(H,19,24)(H,21,22). The summed E-state index contributed by atoms with van der Waals surface area (Å²) in [5, 5.41) is 13.6. The van der Waals surface area contributed by atoms with Gasteiger partial charge in [-0.3, -0.25) is 14.4 Å². The predicted octanol–water partition coefficient (Wildman–Crippen LogP) is 0.794. The summed E-state index contributed by atoms with van der Waals surface area (Å²) in [6.45, 7) is 5.22. The first-order chi connectivity index (χ1) is 12.3. The molecule has 0 spiro atoms. The molecule has 0 bridgehead atoms. The third kappa shape index (κ3) is 8.18. The Morgan fingerprint density at radius 3 is 2.11 bits per heavy atom. The van der Waals surface area contributed by atoms with Gasteiger partial charge in [-0.05, 0) is 29.7 Å². The van der Waals surface area contributed by atoms with Crippen molar-refractivity contribution in [2.24, 2.45) is 5.41 Å². The molecule has 0 saturated heterocycles. The van der Waals surface area contributed by atoms with Gasteiger partial charge >= 0.3 is 5.97 Å². The Hall–Kier alpha value is -2.46. The highest BCUT2D eigenvalue weighted by atomic mass is 32.2. The molecule has 10 heteroatoms. The molecular weight excluding hydrogens is 374 g/mol. The van der Waals surface area contributed by atoms with Crippen molar-refractivity contribution in [3.05, 3.63) is 29.8 Å². The van der Waals surface area contributed by atoms with Crippen molar-refractivity contribution < 1.29 is 27.9 Å². The van der Waals surface area contributed by atoms with Gasteiger partial charge in [-0.2, -0.15) is 0 Å². The lowest BCUT2D eigenvalue weighted by Crippen LogP contribution is -2.51. The number of anilines is 1. The third-order valence-electron chi connectivity index (χ3n) is 3.50. The largest absolute Gasteiger partial charge is 0.481 e. The topological polar surface area (TPSA) is 142 Å². The zero-order chi connectivity index (χ0) is 20.8. The molecule has 0 aliphatic heterocycles. The summed E-state index contributed by atoms with van der Waals surface area (Å²) in [6, 6.07) is 4.98. The number of hydrogen-bond acceptors (Lipinski definition) is 5. The summed E-state index contributed by atoms with van der Waals surface area (Å²) in [4.78, 5) is 34.8. The quantitative estimate of drug-likeness (QED) is 0.509. The van der Waals surface area contributed by atoms with Crippen LogP contribution in [0.2, 0.25) is 0 Å². The maximum atomic E-state index is 12.5. The summed E-state index contributed by atoms with van der Waals surface area (Å²) >= 11 is 0. The monoisotopic (exact) mass is 399 g/mol. The minimum atomic E-state index is -3.58. The van der Waals surface area contributed by atoms with Crippen LogP contribution < -0.4 is 15.4 Å². The van der Waals surface area contributed by atoms with Crippen LogP contribution in [0.1, 0.15) is 37.6 Å². The predicted molar refractivity (Wildman–Crippen MR) is 101 cm³/mol. The minimum Gasteiger partial charge on any atom is -0.481 e. The van der Waals surface area contributed by atoms with Crippen molar-refractivity contribution in [1.82, 2.24) is 10.0 Å². The van der Waals surface area contributed by atoms with Crippen molar-refractivity contribution in [3.63, 3.8) is 0 Å². The Morgan fingerprint density at radius 2 is 1.67 bits per heavy atom. The Morgan fingerprint density at radius 1 is 1.11 bits per heavy atom. The van der Waals surface area contributed by atoms with E-state index < -0.39 is 39.3 Å². The molecule has 0 aromatic heterocycles. The number of nitrogens with one attached hydrogen (secondary N) is 3. The number of aliphatic carboxylic acids is 1. The molecule has 0 radical (unpaired) electrons. The molecule has 4 N–H and O–H groups in total. The number of sulfonamides is 1. The average molecular weight is 399 g/mol. The van der Waals surface area contributed by atoms with E-state index in [9.17, 15) is 22.8 Å². The molecule has 1 unspecified atom stereocenters. The van der Waals surface area contributed by atoms with Gasteiger partial charge in [0.05, 0.1) is 12.7 Å². The number of amides is 2. The highest BCUT2D eigenvalue weighted by Gasteiger charge is 2.33. The van der Waals surface area contributed by atoms with Crippen molar-refractivity contribution in [2.45, 2.75) is 33.2 Å². The normalized spacial score (nSPS) is 12.9. The van der Waals surface area contributed by atoms with E-state index in [1.807, 2.05) is 0 Å². The van der Waals surface area contributed by atoms with E-state index in [-0.39, 0.29) is 13.0 Å². The first-order valence-electron chi connectivity index (χ1n) is 8.18. The minimum absolute atomic E-state index is 0.0110. The molecule has 150 valence electrons. The number of benzene rings is 1.